The van der Waals surface area contributed by atoms with Crippen molar-refractivity contribution in [2.75, 3.05) is 16.4 Å². The molecule has 21 heavy (non-hydrogen) atoms. The minimum atomic E-state index is 0.0265. The number of carbonyl (C=O) groups excluding carboxylic acids is 1. The number of nitrogens with two attached hydrogens (primary N) is 1. The molecule has 2 aromatic carbocycles. The highest BCUT2D eigenvalue weighted by Crippen LogP contribution is 2.43. The molecule has 0 aliphatic carbocycles. The zero-order valence-corrected chi connectivity index (χ0v) is 13.0. The van der Waals surface area contributed by atoms with E-state index in [4.69, 9.17) is 5.73 Å². The topological polar surface area (TPSA) is 46.3 Å². The van der Waals surface area contributed by atoms with Gasteiger partial charge in [-0.2, -0.15) is 0 Å². The van der Waals surface area contributed by atoms with E-state index in [1.54, 1.807) is 11.8 Å². The standard InChI is InChI=1S/C17H18N2OS/c1-11-4-3-5-15(12(11)2)19-16(20)10-21-17(19)13-6-8-14(18)9-7-13/h3-9,17H,10,18H2,1-2H3. The molecule has 4 heteroatoms. The van der Waals surface area contributed by atoms with Crippen LogP contribution in [0.25, 0.3) is 0 Å². The number of nitrogens with zero attached hydrogens (tertiary/aromatic N) is 1. The van der Waals surface area contributed by atoms with Crippen LogP contribution in [0.15, 0.2) is 42.5 Å². The van der Waals surface area contributed by atoms with Crippen molar-refractivity contribution in [1.82, 2.24) is 0 Å². The molecule has 1 aliphatic rings. The number of hydrogen-bond donors (Lipinski definition) is 1. The number of hydrogen-bond acceptors (Lipinski definition) is 3. The fraction of sp³-hybridized carbons (Fsp3) is 0.235. The average molecular weight is 298 g/mol. The van der Waals surface area contributed by atoms with Gasteiger partial charge in [0.15, 0.2) is 0 Å². The molecule has 1 unspecified atom stereocenters. The first-order valence-electron chi connectivity index (χ1n) is 6.93. The molecule has 1 atom stereocenters. The summed E-state index contributed by atoms with van der Waals surface area (Å²) in [7, 11) is 0. The van der Waals surface area contributed by atoms with Crippen LogP contribution in [0.4, 0.5) is 11.4 Å². The van der Waals surface area contributed by atoms with E-state index in [1.165, 1.54) is 5.56 Å². The fourth-order valence-corrected chi connectivity index (χ4v) is 3.76. The molecule has 1 fully saturated rings. The van der Waals surface area contributed by atoms with Gasteiger partial charge in [0.2, 0.25) is 5.91 Å². The van der Waals surface area contributed by atoms with Crippen LogP contribution in [-0.4, -0.2) is 11.7 Å². The molecule has 0 aromatic heterocycles. The van der Waals surface area contributed by atoms with E-state index in [2.05, 4.69) is 19.9 Å². The third-order valence-electron chi connectivity index (χ3n) is 3.93. The van der Waals surface area contributed by atoms with E-state index in [0.29, 0.717) is 5.75 Å². The van der Waals surface area contributed by atoms with E-state index in [-0.39, 0.29) is 11.3 Å². The third-order valence-corrected chi connectivity index (χ3v) is 5.14. The summed E-state index contributed by atoms with van der Waals surface area (Å²) in [5, 5.41) is 0.0265. The van der Waals surface area contributed by atoms with E-state index in [9.17, 15) is 4.79 Å². The predicted octanol–water partition coefficient (Wildman–Crippen LogP) is 3.66. The normalized spacial score (nSPS) is 18.3. The lowest BCUT2D eigenvalue weighted by Crippen LogP contribution is -2.28. The Labute approximate surface area is 129 Å². The van der Waals surface area contributed by atoms with Crippen molar-refractivity contribution >= 4 is 29.0 Å². The summed E-state index contributed by atoms with van der Waals surface area (Å²) in [5.41, 5.74) is 11.0. The zero-order valence-electron chi connectivity index (χ0n) is 12.2. The number of carbonyl (C=O) groups is 1. The molecule has 1 heterocycles. The van der Waals surface area contributed by atoms with E-state index in [0.717, 1.165) is 22.5 Å². The largest absolute Gasteiger partial charge is 0.399 e. The smallest absolute Gasteiger partial charge is 0.238 e. The Bertz CT molecular complexity index is 682. The highest BCUT2D eigenvalue weighted by Gasteiger charge is 2.34. The Morgan fingerprint density at radius 2 is 1.86 bits per heavy atom. The Balaban J connectivity index is 2.04. The maximum Gasteiger partial charge on any atom is 0.238 e. The number of benzene rings is 2. The fourth-order valence-electron chi connectivity index (χ4n) is 2.59. The molecule has 1 amide bonds. The van der Waals surface area contributed by atoms with Crippen LogP contribution in [0.3, 0.4) is 0 Å². The summed E-state index contributed by atoms with van der Waals surface area (Å²) in [6.45, 7) is 4.14. The van der Waals surface area contributed by atoms with Crippen molar-refractivity contribution in [3.05, 3.63) is 59.2 Å². The second-order valence-electron chi connectivity index (χ2n) is 5.31. The van der Waals surface area contributed by atoms with Crippen molar-refractivity contribution in [3.8, 4) is 0 Å². The van der Waals surface area contributed by atoms with Gasteiger partial charge < -0.3 is 5.73 Å². The molecule has 0 bridgehead atoms. The van der Waals surface area contributed by atoms with Crippen LogP contribution >= 0.6 is 11.8 Å². The van der Waals surface area contributed by atoms with E-state index >= 15 is 0 Å². The lowest BCUT2D eigenvalue weighted by molar-refractivity contribution is -0.115. The summed E-state index contributed by atoms with van der Waals surface area (Å²) >= 11 is 1.66. The summed E-state index contributed by atoms with van der Waals surface area (Å²) in [4.78, 5) is 14.3. The molecule has 1 saturated heterocycles. The second kappa shape index (κ2) is 5.45. The van der Waals surface area contributed by atoms with Gasteiger partial charge in [-0.1, -0.05) is 24.3 Å². The molecule has 2 aromatic rings. The lowest BCUT2D eigenvalue weighted by Gasteiger charge is -2.26. The van der Waals surface area contributed by atoms with Crippen LogP contribution in [0.1, 0.15) is 22.1 Å². The SMILES string of the molecule is Cc1cccc(N2C(=O)CSC2c2ccc(N)cc2)c1C. The van der Waals surface area contributed by atoms with Gasteiger partial charge in [0.25, 0.3) is 0 Å². The van der Waals surface area contributed by atoms with Gasteiger partial charge in [-0.15, -0.1) is 11.8 Å². The summed E-state index contributed by atoms with van der Waals surface area (Å²) in [6, 6.07) is 13.9. The number of anilines is 2. The Kier molecular flexibility index (Phi) is 3.64. The minimum Gasteiger partial charge on any atom is -0.399 e. The molecule has 1 aliphatic heterocycles. The van der Waals surface area contributed by atoms with Gasteiger partial charge in [-0.25, -0.2) is 0 Å². The van der Waals surface area contributed by atoms with E-state index in [1.807, 2.05) is 41.3 Å². The Hall–Kier alpha value is -1.94. The van der Waals surface area contributed by atoms with Crippen LogP contribution in [0, 0.1) is 13.8 Å². The number of rotatable bonds is 2. The summed E-state index contributed by atoms with van der Waals surface area (Å²) in [5.74, 6) is 0.679. The quantitative estimate of drug-likeness (QED) is 0.861. The summed E-state index contributed by atoms with van der Waals surface area (Å²) in [6.07, 6.45) is 0. The van der Waals surface area contributed by atoms with Crippen molar-refractivity contribution in [1.29, 1.82) is 0 Å². The average Bonchev–Trinajstić information content (AvgIpc) is 2.85. The van der Waals surface area contributed by atoms with Crippen molar-refractivity contribution in [2.45, 2.75) is 19.2 Å². The number of amides is 1. The van der Waals surface area contributed by atoms with Crippen LogP contribution < -0.4 is 10.6 Å². The van der Waals surface area contributed by atoms with E-state index < -0.39 is 0 Å². The van der Waals surface area contributed by atoms with Crippen LogP contribution in [0.2, 0.25) is 0 Å². The Morgan fingerprint density at radius 1 is 1.14 bits per heavy atom. The van der Waals surface area contributed by atoms with Crippen molar-refractivity contribution in [3.63, 3.8) is 0 Å². The highest BCUT2D eigenvalue weighted by molar-refractivity contribution is 8.00. The minimum absolute atomic E-state index is 0.0265. The van der Waals surface area contributed by atoms with Gasteiger partial charge in [-0.05, 0) is 48.7 Å². The molecule has 3 nitrogen and oxygen atoms in total. The molecule has 3 rings (SSSR count). The maximum atomic E-state index is 12.4. The first-order valence-corrected chi connectivity index (χ1v) is 7.98. The van der Waals surface area contributed by atoms with Gasteiger partial charge in [0.1, 0.15) is 5.37 Å². The monoisotopic (exact) mass is 298 g/mol. The zero-order chi connectivity index (χ0) is 15.0. The van der Waals surface area contributed by atoms with Gasteiger partial charge in [-0.3, -0.25) is 9.69 Å². The van der Waals surface area contributed by atoms with Crippen molar-refractivity contribution in [2.24, 2.45) is 0 Å². The Morgan fingerprint density at radius 3 is 2.57 bits per heavy atom. The van der Waals surface area contributed by atoms with Gasteiger partial charge >= 0.3 is 0 Å². The van der Waals surface area contributed by atoms with Gasteiger partial charge in [0, 0.05) is 11.4 Å². The predicted molar refractivity (Wildman–Crippen MR) is 89.5 cm³/mol. The molecule has 108 valence electrons. The summed E-state index contributed by atoms with van der Waals surface area (Å²) < 4.78 is 0. The van der Waals surface area contributed by atoms with Crippen molar-refractivity contribution < 1.29 is 4.79 Å². The molecule has 2 N–H and O–H groups in total. The first-order chi connectivity index (χ1) is 10.1. The number of thioether (sulfide) groups is 1. The molecule has 0 spiro atoms. The second-order valence-corrected chi connectivity index (χ2v) is 6.38. The maximum absolute atomic E-state index is 12.4. The van der Waals surface area contributed by atoms with Crippen LogP contribution in [0.5, 0.6) is 0 Å². The molecular formula is C17H18N2OS. The third kappa shape index (κ3) is 2.51. The molecular weight excluding hydrogens is 280 g/mol. The van der Waals surface area contributed by atoms with Gasteiger partial charge in [0.05, 0.1) is 5.75 Å². The molecule has 0 radical (unpaired) electrons. The highest BCUT2D eigenvalue weighted by atomic mass is 32.2. The van der Waals surface area contributed by atoms with Crippen LogP contribution in [-0.2, 0) is 4.79 Å². The molecule has 0 saturated carbocycles. The number of aryl methyl sites for hydroxylation is 1. The lowest BCUT2D eigenvalue weighted by atomic mass is 10.1. The number of nitrogen functional groups attached to an aromatic ring is 1. The first kappa shape index (κ1) is 14.0.